The molecule has 0 aliphatic carbocycles. The predicted octanol–water partition coefficient (Wildman–Crippen LogP) is 0.851. The molecule has 0 fully saturated rings. The van der Waals surface area contributed by atoms with E-state index in [0.29, 0.717) is 19.2 Å². The second-order valence-corrected chi connectivity index (χ2v) is 5.68. The molecule has 1 aromatic rings. The number of benzene rings is 1. The Balaban J connectivity index is 2.40. The SMILES string of the molecule is Cc1ccc(C)c(OCCC[NH+](CC(N)=O)C(C)C)c1. The second-order valence-electron chi connectivity index (χ2n) is 5.68. The van der Waals surface area contributed by atoms with Gasteiger partial charge in [0.1, 0.15) is 5.75 Å². The fourth-order valence-electron chi connectivity index (χ4n) is 2.15. The molecule has 4 nitrogen and oxygen atoms in total. The Morgan fingerprint density at radius 1 is 1.35 bits per heavy atom. The average molecular weight is 279 g/mol. The molecule has 0 heterocycles. The molecule has 0 bridgehead atoms. The Morgan fingerprint density at radius 2 is 2.05 bits per heavy atom. The summed E-state index contributed by atoms with van der Waals surface area (Å²) in [5, 5.41) is 0. The summed E-state index contributed by atoms with van der Waals surface area (Å²) in [7, 11) is 0. The first-order chi connectivity index (χ1) is 9.40. The monoisotopic (exact) mass is 279 g/mol. The van der Waals surface area contributed by atoms with Crippen molar-refractivity contribution in [2.24, 2.45) is 5.73 Å². The Morgan fingerprint density at radius 3 is 2.65 bits per heavy atom. The number of rotatable bonds is 8. The lowest BCUT2D eigenvalue weighted by molar-refractivity contribution is -0.913. The van der Waals surface area contributed by atoms with Gasteiger partial charge in [0, 0.05) is 6.42 Å². The van der Waals surface area contributed by atoms with Crippen molar-refractivity contribution in [3.05, 3.63) is 29.3 Å². The smallest absolute Gasteiger partial charge is 0.272 e. The molecule has 0 saturated carbocycles. The lowest BCUT2D eigenvalue weighted by Crippen LogP contribution is -3.16. The minimum absolute atomic E-state index is 0.246. The summed E-state index contributed by atoms with van der Waals surface area (Å²) in [5.74, 6) is 0.704. The molecule has 0 aliphatic heterocycles. The number of hydrogen-bond acceptors (Lipinski definition) is 2. The molecule has 1 atom stereocenters. The van der Waals surface area contributed by atoms with E-state index in [1.807, 2.05) is 6.92 Å². The summed E-state index contributed by atoms with van der Waals surface area (Å²) in [5.41, 5.74) is 7.63. The van der Waals surface area contributed by atoms with Gasteiger partial charge in [-0.1, -0.05) is 12.1 Å². The van der Waals surface area contributed by atoms with Crippen molar-refractivity contribution in [1.29, 1.82) is 0 Å². The van der Waals surface area contributed by atoms with Crippen LogP contribution in [0.3, 0.4) is 0 Å². The number of aryl methyl sites for hydroxylation is 2. The summed E-state index contributed by atoms with van der Waals surface area (Å²) in [4.78, 5) is 12.2. The Hall–Kier alpha value is -1.55. The van der Waals surface area contributed by atoms with E-state index in [2.05, 4.69) is 39.0 Å². The molecule has 20 heavy (non-hydrogen) atoms. The van der Waals surface area contributed by atoms with E-state index in [-0.39, 0.29) is 5.91 Å². The maximum atomic E-state index is 11.0. The number of quaternary nitrogens is 1. The largest absolute Gasteiger partial charge is 0.493 e. The van der Waals surface area contributed by atoms with E-state index in [9.17, 15) is 4.79 Å². The minimum atomic E-state index is -0.246. The highest BCUT2D eigenvalue weighted by Crippen LogP contribution is 2.18. The van der Waals surface area contributed by atoms with Crippen LogP contribution in [0, 0.1) is 13.8 Å². The van der Waals surface area contributed by atoms with Gasteiger partial charge in [0.15, 0.2) is 6.54 Å². The van der Waals surface area contributed by atoms with Crippen molar-refractivity contribution >= 4 is 5.91 Å². The van der Waals surface area contributed by atoms with E-state index in [1.165, 1.54) is 10.5 Å². The third-order valence-corrected chi connectivity index (χ3v) is 3.46. The minimum Gasteiger partial charge on any atom is -0.493 e. The van der Waals surface area contributed by atoms with Crippen molar-refractivity contribution in [1.82, 2.24) is 0 Å². The van der Waals surface area contributed by atoms with Gasteiger partial charge in [-0.05, 0) is 44.9 Å². The molecule has 1 amide bonds. The fourth-order valence-corrected chi connectivity index (χ4v) is 2.15. The van der Waals surface area contributed by atoms with Crippen LogP contribution in [0.4, 0.5) is 0 Å². The van der Waals surface area contributed by atoms with Gasteiger partial charge in [0.25, 0.3) is 5.91 Å². The van der Waals surface area contributed by atoms with Gasteiger partial charge in [-0.25, -0.2) is 0 Å². The molecular weight excluding hydrogens is 252 g/mol. The number of ether oxygens (including phenoxy) is 1. The van der Waals surface area contributed by atoms with Crippen LogP contribution in [0.15, 0.2) is 18.2 Å². The van der Waals surface area contributed by atoms with Crippen molar-refractivity contribution in [2.75, 3.05) is 19.7 Å². The second kappa shape index (κ2) is 7.90. The molecule has 3 N–H and O–H groups in total. The van der Waals surface area contributed by atoms with E-state index in [1.54, 1.807) is 0 Å². The van der Waals surface area contributed by atoms with E-state index in [4.69, 9.17) is 10.5 Å². The predicted molar refractivity (Wildman–Crippen MR) is 81.1 cm³/mol. The summed E-state index contributed by atoms with van der Waals surface area (Å²) in [6.07, 6.45) is 0.911. The number of carbonyl (C=O) groups is 1. The van der Waals surface area contributed by atoms with Crippen LogP contribution in [-0.4, -0.2) is 31.6 Å². The van der Waals surface area contributed by atoms with Crippen LogP contribution in [-0.2, 0) is 4.79 Å². The molecule has 0 spiro atoms. The lowest BCUT2D eigenvalue weighted by atomic mass is 10.1. The van der Waals surface area contributed by atoms with Crippen LogP contribution in [0.1, 0.15) is 31.4 Å². The van der Waals surface area contributed by atoms with Crippen LogP contribution < -0.4 is 15.4 Å². The highest BCUT2D eigenvalue weighted by Gasteiger charge is 2.15. The van der Waals surface area contributed by atoms with Gasteiger partial charge >= 0.3 is 0 Å². The summed E-state index contributed by atoms with van der Waals surface area (Å²) in [6.45, 7) is 10.3. The molecule has 1 aromatic carbocycles. The molecule has 0 aliphatic rings. The number of carbonyl (C=O) groups excluding carboxylic acids is 1. The quantitative estimate of drug-likeness (QED) is 0.693. The first-order valence-electron chi connectivity index (χ1n) is 7.23. The maximum absolute atomic E-state index is 11.0. The van der Waals surface area contributed by atoms with Crippen LogP contribution in [0.2, 0.25) is 0 Å². The third kappa shape index (κ3) is 5.61. The molecule has 0 saturated heterocycles. The van der Waals surface area contributed by atoms with E-state index in [0.717, 1.165) is 24.3 Å². The van der Waals surface area contributed by atoms with Crippen molar-refractivity contribution in [2.45, 2.75) is 40.2 Å². The normalized spacial score (nSPS) is 12.4. The number of hydrogen-bond donors (Lipinski definition) is 2. The van der Waals surface area contributed by atoms with Gasteiger partial charge in [0.2, 0.25) is 0 Å². The van der Waals surface area contributed by atoms with Gasteiger partial charge in [-0.15, -0.1) is 0 Å². The van der Waals surface area contributed by atoms with Crippen molar-refractivity contribution in [3.63, 3.8) is 0 Å². The van der Waals surface area contributed by atoms with Crippen LogP contribution in [0.5, 0.6) is 5.75 Å². The zero-order valence-electron chi connectivity index (χ0n) is 13.0. The Labute approximate surface area is 121 Å². The van der Waals surface area contributed by atoms with Crippen molar-refractivity contribution < 1.29 is 14.4 Å². The molecular formula is C16H27N2O2+. The highest BCUT2D eigenvalue weighted by molar-refractivity contribution is 5.74. The Kier molecular flexibility index (Phi) is 6.52. The van der Waals surface area contributed by atoms with Gasteiger partial charge in [-0.2, -0.15) is 0 Å². The average Bonchev–Trinajstić information content (AvgIpc) is 2.36. The number of primary amides is 1. The molecule has 112 valence electrons. The first-order valence-corrected chi connectivity index (χ1v) is 7.23. The number of amides is 1. The molecule has 4 heteroatoms. The molecule has 1 unspecified atom stereocenters. The maximum Gasteiger partial charge on any atom is 0.272 e. The summed E-state index contributed by atoms with van der Waals surface area (Å²) < 4.78 is 5.82. The topological polar surface area (TPSA) is 56.8 Å². The third-order valence-electron chi connectivity index (χ3n) is 3.46. The zero-order valence-corrected chi connectivity index (χ0v) is 13.0. The van der Waals surface area contributed by atoms with Crippen LogP contribution >= 0.6 is 0 Å². The van der Waals surface area contributed by atoms with E-state index < -0.39 is 0 Å². The molecule has 0 aromatic heterocycles. The standard InChI is InChI=1S/C16H26N2O2/c1-12(2)18(11-16(17)19)8-5-9-20-15-10-13(3)6-7-14(15)4/h6-7,10,12H,5,8-9,11H2,1-4H3,(H2,17,19)/p+1. The van der Waals surface area contributed by atoms with Gasteiger partial charge < -0.3 is 15.4 Å². The van der Waals surface area contributed by atoms with Gasteiger partial charge in [0.05, 0.1) is 19.2 Å². The zero-order chi connectivity index (χ0) is 15.1. The summed E-state index contributed by atoms with van der Waals surface area (Å²) >= 11 is 0. The van der Waals surface area contributed by atoms with Crippen molar-refractivity contribution in [3.8, 4) is 5.75 Å². The molecule has 0 radical (unpaired) electrons. The number of nitrogens with two attached hydrogens (primary N) is 1. The Bertz CT molecular complexity index is 444. The first kappa shape index (κ1) is 16.5. The highest BCUT2D eigenvalue weighted by atomic mass is 16.5. The number of nitrogens with one attached hydrogen (secondary N) is 1. The van der Waals surface area contributed by atoms with Gasteiger partial charge in [-0.3, -0.25) is 4.79 Å². The molecule has 1 rings (SSSR count). The fraction of sp³-hybridized carbons (Fsp3) is 0.562. The lowest BCUT2D eigenvalue weighted by Gasteiger charge is -2.22. The van der Waals surface area contributed by atoms with Crippen LogP contribution in [0.25, 0.3) is 0 Å². The summed E-state index contributed by atoms with van der Waals surface area (Å²) in [6, 6.07) is 6.61. The van der Waals surface area contributed by atoms with E-state index >= 15 is 0 Å².